The third kappa shape index (κ3) is 5.34. The maximum absolute atomic E-state index is 14.4. The average Bonchev–Trinajstić information content (AvgIpc) is 3.53. The Bertz CT molecular complexity index is 1040. The molecule has 9 nitrogen and oxygen atoms in total. The summed E-state index contributed by atoms with van der Waals surface area (Å²) in [5.41, 5.74) is 3.66. The predicted molar refractivity (Wildman–Crippen MR) is 140 cm³/mol. The average molecular weight is 597 g/mol. The summed E-state index contributed by atoms with van der Waals surface area (Å²) in [4.78, 5) is 16.4. The molecule has 222 valence electrons. The van der Waals surface area contributed by atoms with Crippen LogP contribution in [0.4, 0.5) is 13.2 Å². The molecule has 6 fully saturated rings. The van der Waals surface area contributed by atoms with Gasteiger partial charge in [0.15, 0.2) is 0 Å². The van der Waals surface area contributed by atoms with Gasteiger partial charge in [-0.15, -0.1) is 11.6 Å². The molecule has 14 heteroatoms. The van der Waals surface area contributed by atoms with Gasteiger partial charge in [-0.25, -0.2) is 18.9 Å². The molecular weight excluding hydrogens is 557 g/mol. The van der Waals surface area contributed by atoms with Crippen molar-refractivity contribution < 1.29 is 26.4 Å². The van der Waals surface area contributed by atoms with Gasteiger partial charge in [-0.3, -0.25) is 15.0 Å². The van der Waals surface area contributed by atoms with Crippen LogP contribution in [0, 0.1) is 17.3 Å². The molecule has 6 rings (SSSR count). The number of hydrogen-bond donors (Lipinski definition) is 3. The molecule has 6 aliphatic rings. The minimum absolute atomic E-state index is 0.0176. The molecule has 3 N–H and O–H groups in total. The van der Waals surface area contributed by atoms with E-state index in [4.69, 9.17) is 11.6 Å². The number of nitrogens with zero attached hydrogens (tertiary/aromatic N) is 3. The number of hydrogen-bond acceptors (Lipinski definition) is 8. The van der Waals surface area contributed by atoms with Gasteiger partial charge in [-0.1, -0.05) is 0 Å². The van der Waals surface area contributed by atoms with Crippen molar-refractivity contribution in [2.45, 2.75) is 93.5 Å². The number of alkyl halides is 4. The summed E-state index contributed by atoms with van der Waals surface area (Å²) in [5, 5.41) is 9.40. The highest BCUT2D eigenvalue weighted by Gasteiger charge is 2.62. The standard InChI is InChI=1S/C25H40ClF3N6O3S/c1-33(23(36)15-4-10-39(37,38)11-5-15)21(25(27,28)29)16-2-3-19(30-13-16)34-9-8-24(6-7-24)22-17(34)14-31-20-12-18(26)32-35(20)22/h15-22,30-32H,2-14H2,1H3/t16?,17?,18?,19?,20?,21-,22?/m0/s1. The van der Waals surface area contributed by atoms with Crippen molar-refractivity contribution in [1.29, 1.82) is 0 Å². The second-order valence-corrected chi connectivity index (χ2v) is 15.5. The van der Waals surface area contributed by atoms with E-state index >= 15 is 0 Å². The van der Waals surface area contributed by atoms with Crippen LogP contribution in [-0.2, 0) is 14.6 Å². The molecule has 39 heavy (non-hydrogen) atoms. The van der Waals surface area contributed by atoms with E-state index in [0.717, 1.165) is 30.8 Å². The van der Waals surface area contributed by atoms with E-state index in [2.05, 4.69) is 26.0 Å². The second-order valence-electron chi connectivity index (χ2n) is 12.6. The van der Waals surface area contributed by atoms with Gasteiger partial charge in [0.05, 0.1) is 29.3 Å². The summed E-state index contributed by atoms with van der Waals surface area (Å²) < 4.78 is 66.6. The minimum Gasteiger partial charge on any atom is -0.333 e. The maximum atomic E-state index is 14.4. The van der Waals surface area contributed by atoms with Gasteiger partial charge in [0, 0.05) is 57.0 Å². The number of fused-ring (bicyclic) bond motifs is 4. The van der Waals surface area contributed by atoms with Gasteiger partial charge >= 0.3 is 6.18 Å². The van der Waals surface area contributed by atoms with E-state index in [9.17, 15) is 26.4 Å². The molecule has 5 heterocycles. The third-order valence-electron chi connectivity index (χ3n) is 10.4. The SMILES string of the molecule is CN(C(=O)C1CCS(=O)(=O)CC1)[C@@H](C1CCC(N2CCC3(CC3)C3C2CNC2CC(Cl)NN23)NC1)C(F)(F)F. The number of sulfone groups is 1. The number of rotatable bonds is 4. The molecule has 0 aromatic rings. The zero-order valence-electron chi connectivity index (χ0n) is 22.3. The Morgan fingerprint density at radius 1 is 1.05 bits per heavy atom. The van der Waals surface area contributed by atoms with E-state index < -0.39 is 39.8 Å². The first-order valence-corrected chi connectivity index (χ1v) is 16.6. The van der Waals surface area contributed by atoms with Crippen LogP contribution in [0.25, 0.3) is 0 Å². The number of likely N-dealkylation sites (tertiary alicyclic amines) is 1. The lowest BCUT2D eigenvalue weighted by Crippen LogP contribution is -2.74. The number of amides is 1. The molecule has 1 amide bonds. The smallest absolute Gasteiger partial charge is 0.333 e. The lowest BCUT2D eigenvalue weighted by molar-refractivity contribution is -0.202. The summed E-state index contributed by atoms with van der Waals surface area (Å²) in [6.45, 7) is 1.92. The second kappa shape index (κ2) is 10.2. The molecule has 7 atom stereocenters. The van der Waals surface area contributed by atoms with Crippen molar-refractivity contribution >= 4 is 27.3 Å². The number of carbonyl (C=O) groups excluding carboxylic acids is 1. The van der Waals surface area contributed by atoms with Gasteiger partial charge in [0.1, 0.15) is 15.9 Å². The zero-order chi connectivity index (χ0) is 27.7. The molecule has 0 aromatic carbocycles. The first kappa shape index (κ1) is 28.4. The van der Waals surface area contributed by atoms with Crippen molar-refractivity contribution in [2.24, 2.45) is 17.3 Å². The van der Waals surface area contributed by atoms with Crippen LogP contribution in [0.1, 0.15) is 51.4 Å². The van der Waals surface area contributed by atoms with Crippen molar-refractivity contribution in [3.63, 3.8) is 0 Å². The number of nitrogens with one attached hydrogen (secondary N) is 3. The Hall–Kier alpha value is -0.700. The number of piperidine rings is 2. The minimum atomic E-state index is -4.57. The van der Waals surface area contributed by atoms with Gasteiger partial charge in [0.2, 0.25) is 5.91 Å². The fourth-order valence-electron chi connectivity index (χ4n) is 8.17. The Balaban J connectivity index is 1.12. The summed E-state index contributed by atoms with van der Waals surface area (Å²) in [6.07, 6.45) is 1.07. The lowest BCUT2D eigenvalue weighted by Gasteiger charge is -2.56. The van der Waals surface area contributed by atoms with Crippen molar-refractivity contribution in [3.8, 4) is 0 Å². The van der Waals surface area contributed by atoms with Crippen LogP contribution in [0.3, 0.4) is 0 Å². The van der Waals surface area contributed by atoms with Crippen molar-refractivity contribution in [2.75, 3.05) is 38.2 Å². The third-order valence-corrected chi connectivity index (χ3v) is 12.4. The van der Waals surface area contributed by atoms with Gasteiger partial charge in [0.25, 0.3) is 0 Å². The van der Waals surface area contributed by atoms with Crippen LogP contribution < -0.4 is 16.1 Å². The molecule has 5 aliphatic heterocycles. The van der Waals surface area contributed by atoms with Crippen molar-refractivity contribution in [3.05, 3.63) is 0 Å². The summed E-state index contributed by atoms with van der Waals surface area (Å²) in [7, 11) is -1.97. The zero-order valence-corrected chi connectivity index (χ0v) is 23.9. The molecule has 0 radical (unpaired) electrons. The van der Waals surface area contributed by atoms with Crippen LogP contribution in [0.2, 0.25) is 0 Å². The maximum Gasteiger partial charge on any atom is 0.409 e. The molecule has 0 aromatic heterocycles. The molecule has 1 saturated carbocycles. The van der Waals surface area contributed by atoms with Gasteiger partial charge in [-0.2, -0.15) is 13.2 Å². The fourth-order valence-corrected chi connectivity index (χ4v) is 9.94. The van der Waals surface area contributed by atoms with Crippen LogP contribution in [0.5, 0.6) is 0 Å². The Morgan fingerprint density at radius 2 is 1.74 bits per heavy atom. The largest absolute Gasteiger partial charge is 0.409 e. The molecule has 1 spiro atoms. The molecule has 1 aliphatic carbocycles. The van der Waals surface area contributed by atoms with Gasteiger partial charge < -0.3 is 10.2 Å². The Morgan fingerprint density at radius 3 is 2.36 bits per heavy atom. The first-order valence-electron chi connectivity index (χ1n) is 14.3. The Labute approximate surface area is 233 Å². The highest BCUT2D eigenvalue weighted by atomic mass is 35.5. The van der Waals surface area contributed by atoms with E-state index in [1.807, 2.05) is 0 Å². The molecule has 5 saturated heterocycles. The summed E-state index contributed by atoms with van der Waals surface area (Å²) in [5.74, 6) is -2.32. The van der Waals surface area contributed by atoms with Crippen molar-refractivity contribution in [1.82, 2.24) is 30.9 Å². The van der Waals surface area contributed by atoms with E-state index in [0.29, 0.717) is 24.3 Å². The Kier molecular flexibility index (Phi) is 7.46. The van der Waals surface area contributed by atoms with E-state index in [1.54, 1.807) is 0 Å². The van der Waals surface area contributed by atoms with E-state index in [-0.39, 0.29) is 54.8 Å². The van der Waals surface area contributed by atoms with Crippen LogP contribution in [-0.4, -0.2) is 109 Å². The number of hydrazine groups is 1. The van der Waals surface area contributed by atoms with Crippen LogP contribution >= 0.6 is 11.6 Å². The molecule has 0 bridgehead atoms. The van der Waals surface area contributed by atoms with Crippen LogP contribution in [0.15, 0.2) is 0 Å². The lowest BCUT2D eigenvalue weighted by atomic mass is 9.79. The van der Waals surface area contributed by atoms with E-state index in [1.165, 1.54) is 19.9 Å². The highest BCUT2D eigenvalue weighted by molar-refractivity contribution is 7.91. The molecular formula is C25H40ClF3N6O3S. The normalized spacial score (nSPS) is 39.6. The molecule has 6 unspecified atom stereocenters. The highest BCUT2D eigenvalue weighted by Crippen LogP contribution is 2.58. The fraction of sp³-hybridized carbons (Fsp3) is 0.960. The summed E-state index contributed by atoms with van der Waals surface area (Å²) in [6, 6.07) is -1.33. The quantitative estimate of drug-likeness (QED) is 0.332. The number of halogens is 4. The van der Waals surface area contributed by atoms with Gasteiger partial charge in [-0.05, 0) is 50.4 Å². The first-order chi connectivity index (χ1) is 18.4. The summed E-state index contributed by atoms with van der Waals surface area (Å²) >= 11 is 6.44. The predicted octanol–water partition coefficient (Wildman–Crippen LogP) is 1.45. The number of carbonyl (C=O) groups is 1. The topological polar surface area (TPSA) is 97.0 Å². The monoisotopic (exact) mass is 596 g/mol.